The first-order chi connectivity index (χ1) is 7.70. The normalized spacial score (nSPS) is 11.3. The van der Waals surface area contributed by atoms with Crippen molar-refractivity contribution in [1.82, 2.24) is 0 Å². The van der Waals surface area contributed by atoms with E-state index in [2.05, 4.69) is 4.74 Å². The van der Waals surface area contributed by atoms with Crippen LogP contribution in [0.1, 0.15) is 10.4 Å². The van der Waals surface area contributed by atoms with Crippen molar-refractivity contribution in [1.29, 1.82) is 0 Å². The smallest absolute Gasteiger partial charge is 0.422 e. The maximum atomic E-state index is 11.8. The Morgan fingerprint density at radius 2 is 1.76 bits per heavy atom. The van der Waals surface area contributed by atoms with Gasteiger partial charge in [-0.3, -0.25) is 0 Å². The standard InChI is InChI=1S/C9H8ClF3N2O2/c10-7-5(14)1-4(2-6(7)15)8(16)17-3-9(11,12)13/h1-2H,3,14-15H2. The molecule has 1 aromatic carbocycles. The molecule has 0 aliphatic heterocycles. The monoisotopic (exact) mass is 268 g/mol. The van der Waals surface area contributed by atoms with Gasteiger partial charge in [-0.25, -0.2) is 4.79 Å². The van der Waals surface area contributed by atoms with Gasteiger partial charge in [-0.15, -0.1) is 0 Å². The van der Waals surface area contributed by atoms with E-state index in [-0.39, 0.29) is 22.0 Å². The first kappa shape index (κ1) is 13.4. The summed E-state index contributed by atoms with van der Waals surface area (Å²) in [6.07, 6.45) is -4.58. The number of carbonyl (C=O) groups is 1. The van der Waals surface area contributed by atoms with Gasteiger partial charge in [0, 0.05) is 0 Å². The lowest BCUT2D eigenvalue weighted by Gasteiger charge is -2.09. The minimum absolute atomic E-state index is 0.00868. The Bertz CT molecular complexity index is 425. The van der Waals surface area contributed by atoms with Gasteiger partial charge in [0.2, 0.25) is 0 Å². The number of hydrogen-bond donors (Lipinski definition) is 2. The van der Waals surface area contributed by atoms with E-state index < -0.39 is 18.8 Å². The Kier molecular flexibility index (Phi) is 3.72. The van der Waals surface area contributed by atoms with Gasteiger partial charge >= 0.3 is 12.1 Å². The Morgan fingerprint density at radius 3 is 2.18 bits per heavy atom. The molecule has 0 fully saturated rings. The summed E-state index contributed by atoms with van der Waals surface area (Å²) in [6.45, 7) is -1.67. The van der Waals surface area contributed by atoms with Crippen LogP contribution in [0.3, 0.4) is 0 Å². The molecule has 8 heteroatoms. The molecule has 0 aromatic heterocycles. The zero-order valence-electron chi connectivity index (χ0n) is 8.34. The highest BCUT2D eigenvalue weighted by Gasteiger charge is 2.30. The van der Waals surface area contributed by atoms with Crippen LogP contribution in [0.25, 0.3) is 0 Å². The van der Waals surface area contributed by atoms with Crippen LogP contribution in [-0.2, 0) is 4.74 Å². The molecule has 0 unspecified atom stereocenters. The predicted molar refractivity (Wildman–Crippen MR) is 56.6 cm³/mol. The number of anilines is 2. The van der Waals surface area contributed by atoms with Gasteiger partial charge in [0.25, 0.3) is 0 Å². The van der Waals surface area contributed by atoms with E-state index in [1.807, 2.05) is 0 Å². The Labute approximate surface area is 99.3 Å². The van der Waals surface area contributed by atoms with Gasteiger partial charge < -0.3 is 16.2 Å². The summed E-state index contributed by atoms with van der Waals surface area (Å²) in [4.78, 5) is 11.2. The van der Waals surface area contributed by atoms with E-state index in [1.54, 1.807) is 0 Å². The molecule has 0 heterocycles. The Balaban J connectivity index is 2.84. The number of ether oxygens (including phenoxy) is 1. The number of nitrogens with two attached hydrogens (primary N) is 2. The second-order valence-electron chi connectivity index (χ2n) is 3.16. The average Bonchev–Trinajstić information content (AvgIpc) is 2.20. The van der Waals surface area contributed by atoms with E-state index >= 15 is 0 Å². The lowest BCUT2D eigenvalue weighted by molar-refractivity contribution is -0.161. The van der Waals surface area contributed by atoms with Crippen LogP contribution in [0.2, 0.25) is 5.02 Å². The van der Waals surface area contributed by atoms with Crippen LogP contribution in [0.15, 0.2) is 12.1 Å². The van der Waals surface area contributed by atoms with Crippen molar-refractivity contribution in [3.8, 4) is 0 Å². The molecule has 0 radical (unpaired) electrons. The SMILES string of the molecule is Nc1cc(C(=O)OCC(F)(F)F)cc(N)c1Cl. The van der Waals surface area contributed by atoms with Gasteiger partial charge in [-0.05, 0) is 12.1 Å². The fourth-order valence-corrected chi connectivity index (χ4v) is 1.13. The molecular formula is C9H8ClF3N2O2. The molecule has 1 aromatic rings. The third-order valence-corrected chi connectivity index (χ3v) is 2.17. The van der Waals surface area contributed by atoms with E-state index in [4.69, 9.17) is 23.1 Å². The summed E-state index contributed by atoms with van der Waals surface area (Å²) in [5.74, 6) is -1.17. The molecule has 1 rings (SSSR count). The first-order valence-corrected chi connectivity index (χ1v) is 4.67. The van der Waals surface area contributed by atoms with Crippen LogP contribution >= 0.6 is 11.6 Å². The van der Waals surface area contributed by atoms with Crippen molar-refractivity contribution in [3.05, 3.63) is 22.7 Å². The topological polar surface area (TPSA) is 78.3 Å². The van der Waals surface area contributed by atoms with Gasteiger partial charge in [0.05, 0.1) is 22.0 Å². The van der Waals surface area contributed by atoms with Crippen molar-refractivity contribution in [3.63, 3.8) is 0 Å². The van der Waals surface area contributed by atoms with Crippen molar-refractivity contribution in [2.24, 2.45) is 0 Å². The van der Waals surface area contributed by atoms with Crippen molar-refractivity contribution in [2.75, 3.05) is 18.1 Å². The second kappa shape index (κ2) is 4.70. The number of alkyl halides is 3. The van der Waals surface area contributed by atoms with Crippen LogP contribution in [0, 0.1) is 0 Å². The molecule has 0 saturated heterocycles. The second-order valence-corrected chi connectivity index (χ2v) is 3.54. The highest BCUT2D eigenvalue weighted by molar-refractivity contribution is 6.35. The number of carbonyl (C=O) groups excluding carboxylic acids is 1. The molecule has 4 nitrogen and oxygen atoms in total. The molecule has 0 saturated carbocycles. The molecule has 0 bridgehead atoms. The van der Waals surface area contributed by atoms with Crippen molar-refractivity contribution < 1.29 is 22.7 Å². The molecule has 94 valence electrons. The lowest BCUT2D eigenvalue weighted by atomic mass is 10.2. The van der Waals surface area contributed by atoms with Crippen LogP contribution < -0.4 is 11.5 Å². The molecule has 0 atom stereocenters. The third-order valence-electron chi connectivity index (χ3n) is 1.73. The Hall–Kier alpha value is -1.63. The first-order valence-electron chi connectivity index (χ1n) is 4.29. The molecule has 0 aliphatic rings. The minimum Gasteiger partial charge on any atom is -0.452 e. The Morgan fingerprint density at radius 1 is 1.29 bits per heavy atom. The van der Waals surface area contributed by atoms with Crippen LogP contribution in [0.4, 0.5) is 24.5 Å². The highest BCUT2D eigenvalue weighted by Crippen LogP contribution is 2.27. The van der Waals surface area contributed by atoms with Gasteiger partial charge in [-0.2, -0.15) is 13.2 Å². The maximum absolute atomic E-state index is 11.8. The quantitative estimate of drug-likeness (QED) is 0.637. The zero-order chi connectivity index (χ0) is 13.2. The number of nitrogen functional groups attached to an aromatic ring is 2. The summed E-state index contributed by atoms with van der Waals surface area (Å²) in [5, 5.41) is 0.0392. The van der Waals surface area contributed by atoms with E-state index in [0.717, 1.165) is 12.1 Å². The molecule has 0 aliphatic carbocycles. The van der Waals surface area contributed by atoms with E-state index in [9.17, 15) is 18.0 Å². The van der Waals surface area contributed by atoms with Gasteiger partial charge in [-0.1, -0.05) is 11.6 Å². The zero-order valence-corrected chi connectivity index (χ0v) is 9.10. The average molecular weight is 269 g/mol. The highest BCUT2D eigenvalue weighted by atomic mass is 35.5. The third kappa shape index (κ3) is 3.70. The molecule has 0 amide bonds. The summed E-state index contributed by atoms with van der Waals surface area (Å²) in [6, 6.07) is 2.19. The number of benzene rings is 1. The van der Waals surface area contributed by atoms with E-state index in [0.29, 0.717) is 0 Å². The maximum Gasteiger partial charge on any atom is 0.422 e. The predicted octanol–water partition coefficient (Wildman–Crippen LogP) is 2.22. The van der Waals surface area contributed by atoms with Gasteiger partial charge in [0.15, 0.2) is 6.61 Å². The fraction of sp³-hybridized carbons (Fsp3) is 0.222. The number of esters is 1. The van der Waals surface area contributed by atoms with Gasteiger partial charge in [0.1, 0.15) is 0 Å². The molecule has 0 spiro atoms. The fourth-order valence-electron chi connectivity index (χ4n) is 1.02. The number of rotatable bonds is 2. The lowest BCUT2D eigenvalue weighted by Crippen LogP contribution is -2.20. The summed E-state index contributed by atoms with van der Waals surface area (Å²) in [5.41, 5.74) is 10.6. The van der Waals surface area contributed by atoms with E-state index in [1.165, 1.54) is 0 Å². The summed E-state index contributed by atoms with van der Waals surface area (Å²) in [7, 11) is 0. The molecule has 17 heavy (non-hydrogen) atoms. The largest absolute Gasteiger partial charge is 0.452 e. The molecule has 4 N–H and O–H groups in total. The summed E-state index contributed by atoms with van der Waals surface area (Å²) >= 11 is 5.62. The van der Waals surface area contributed by atoms with Crippen molar-refractivity contribution in [2.45, 2.75) is 6.18 Å². The number of halogens is 4. The minimum atomic E-state index is -4.58. The molecular weight excluding hydrogens is 261 g/mol. The van der Waals surface area contributed by atoms with Crippen molar-refractivity contribution >= 4 is 28.9 Å². The number of hydrogen-bond acceptors (Lipinski definition) is 4. The van der Waals surface area contributed by atoms with Crippen LogP contribution in [-0.4, -0.2) is 18.8 Å². The summed E-state index contributed by atoms with van der Waals surface area (Å²) < 4.78 is 39.4. The van der Waals surface area contributed by atoms with Crippen LogP contribution in [0.5, 0.6) is 0 Å².